The quantitative estimate of drug-likeness (QED) is 0.253. The number of phenolic OH excluding ortho intramolecular Hbond substituents is 1. The molecule has 0 aliphatic carbocycles. The first-order valence-corrected chi connectivity index (χ1v) is 14.5. The third-order valence-electron chi connectivity index (χ3n) is 7.57. The number of urea groups is 1. The maximum Gasteiger partial charge on any atom is 0.315 e. The summed E-state index contributed by atoms with van der Waals surface area (Å²) in [7, 11) is 0. The van der Waals surface area contributed by atoms with Crippen LogP contribution in [0.4, 0.5) is 4.79 Å². The molecule has 3 aromatic carbocycles. The van der Waals surface area contributed by atoms with Gasteiger partial charge in [0.2, 0.25) is 0 Å². The van der Waals surface area contributed by atoms with Crippen molar-refractivity contribution in [2.75, 3.05) is 26.2 Å². The second-order valence-electron chi connectivity index (χ2n) is 10.4. The fourth-order valence-corrected chi connectivity index (χ4v) is 6.74. The highest BCUT2D eigenvalue weighted by molar-refractivity contribution is 7.22. The van der Waals surface area contributed by atoms with Crippen LogP contribution in [0.5, 0.6) is 11.5 Å². The van der Waals surface area contributed by atoms with Gasteiger partial charge in [0, 0.05) is 22.7 Å². The lowest BCUT2D eigenvalue weighted by atomic mass is 9.96. The summed E-state index contributed by atoms with van der Waals surface area (Å²) in [5.41, 5.74) is 6.48. The number of carbonyl (C=O) groups excluding carboxylic acids is 1. The summed E-state index contributed by atoms with van der Waals surface area (Å²) in [6.45, 7) is 6.68. The second-order valence-corrected chi connectivity index (χ2v) is 11.4. The van der Waals surface area contributed by atoms with Crippen LogP contribution < -0.4 is 15.4 Å². The maximum atomic E-state index is 11.3. The van der Waals surface area contributed by atoms with E-state index in [4.69, 9.17) is 4.74 Å². The minimum absolute atomic E-state index is 0. The topological polar surface area (TPSA) is 200 Å². The van der Waals surface area contributed by atoms with Crippen LogP contribution in [-0.4, -0.2) is 70.2 Å². The van der Waals surface area contributed by atoms with Crippen molar-refractivity contribution in [3.05, 3.63) is 82.9 Å². The molecular weight excluding hydrogens is 582 g/mol. The van der Waals surface area contributed by atoms with Crippen LogP contribution in [0.15, 0.2) is 60.7 Å². The monoisotopic (exact) mass is 625 g/mol. The Bertz CT molecular complexity index is 1520. The van der Waals surface area contributed by atoms with Crippen molar-refractivity contribution in [3.8, 4) is 34.8 Å². The third kappa shape index (κ3) is 8.70. The molecule has 11 N–H and O–H groups in total. The molecule has 0 radical (unpaired) electrons. The van der Waals surface area contributed by atoms with Gasteiger partial charge in [-0.15, -0.1) is 24.2 Å². The number of hydrogen-bond acceptors (Lipinski definition) is 5. The highest BCUT2D eigenvalue weighted by Gasteiger charge is 2.21. The van der Waals surface area contributed by atoms with Gasteiger partial charge in [-0.25, -0.2) is 4.79 Å². The number of amides is 2. The maximum absolute atomic E-state index is 11.3. The Morgan fingerprint density at radius 1 is 0.977 bits per heavy atom. The van der Waals surface area contributed by atoms with Crippen molar-refractivity contribution >= 4 is 27.5 Å². The number of terminal acetylenes is 1. The van der Waals surface area contributed by atoms with Gasteiger partial charge in [-0.1, -0.05) is 18.2 Å². The molecule has 238 valence electrons. The van der Waals surface area contributed by atoms with Crippen molar-refractivity contribution in [3.63, 3.8) is 0 Å². The summed E-state index contributed by atoms with van der Waals surface area (Å²) < 4.78 is 7.00. The summed E-state index contributed by atoms with van der Waals surface area (Å²) in [5.74, 6) is 1.07. The molecule has 1 atom stereocenters. The second kappa shape index (κ2) is 17.2. The van der Waals surface area contributed by atoms with Crippen LogP contribution in [0.3, 0.4) is 0 Å². The number of hydrogen-bond donors (Lipinski definition) is 3. The number of aryl methyl sites for hydroxylation is 1. The molecule has 3 heterocycles. The van der Waals surface area contributed by atoms with Gasteiger partial charge >= 0.3 is 6.03 Å². The first-order valence-electron chi connectivity index (χ1n) is 13.7. The Hall–Kier alpha value is -4.15. The summed E-state index contributed by atoms with van der Waals surface area (Å²) in [6, 6.07) is 20.6. The van der Waals surface area contributed by atoms with E-state index in [0.29, 0.717) is 13.2 Å². The molecule has 2 amide bonds. The van der Waals surface area contributed by atoms with E-state index in [-0.39, 0.29) is 39.7 Å². The van der Waals surface area contributed by atoms with E-state index in [1.165, 1.54) is 58.4 Å². The Balaban J connectivity index is 0.00000158. The molecule has 1 unspecified atom stereocenters. The van der Waals surface area contributed by atoms with Gasteiger partial charge < -0.3 is 42.4 Å². The zero-order valence-electron chi connectivity index (χ0n) is 24.8. The number of nitrogens with zero attached hydrogens (tertiary/aromatic N) is 1. The highest BCUT2D eigenvalue weighted by Crippen LogP contribution is 2.41. The van der Waals surface area contributed by atoms with Crippen LogP contribution in [-0.2, 0) is 13.0 Å². The molecular formula is C33H43N3O7S. The lowest BCUT2D eigenvalue weighted by Crippen LogP contribution is -2.32. The number of likely N-dealkylation sites (tertiary alicyclic amines) is 1. The Morgan fingerprint density at radius 3 is 2.32 bits per heavy atom. The number of nitrogens with one attached hydrogen (secondary N) is 2. The standard InChI is InChI=1S/C31H33N3O3S.C2H2.4H2O/c1-20-14-21(4-5-23(20)18-34-12-2-3-13-34)15-28-27-11-8-25(35)16-29(27)38-30(28)22-6-9-26(10-7-22)37-19-24-17-32-31(36)33-24;1-2;;;;/h4-11,14,16,24,35H,2-3,12-13,15,17-19H2,1H3,(H2,32,33,36);1-2H;4*1H2. The van der Waals surface area contributed by atoms with Crippen LogP contribution >= 0.6 is 11.3 Å². The smallest absolute Gasteiger partial charge is 0.315 e. The van der Waals surface area contributed by atoms with Crippen LogP contribution in [0.1, 0.15) is 35.1 Å². The Kier molecular flexibility index (Phi) is 14.8. The van der Waals surface area contributed by atoms with Gasteiger partial charge in [0.15, 0.2) is 0 Å². The average molecular weight is 626 g/mol. The molecule has 0 saturated carbocycles. The number of carbonyl (C=O) groups is 1. The number of aromatic hydroxyl groups is 1. The summed E-state index contributed by atoms with van der Waals surface area (Å²) in [6.07, 6.45) is 11.4. The number of benzene rings is 3. The highest BCUT2D eigenvalue weighted by atomic mass is 32.1. The fourth-order valence-electron chi connectivity index (χ4n) is 5.48. The SMILES string of the molecule is C#C.Cc1cc(Cc2c(-c3ccc(OCC4CNC(=O)N4)cc3)sc3cc(O)ccc23)ccc1CN1CCCC1.O.O.O.O. The number of ether oxygens (including phenoxy) is 1. The minimum atomic E-state index is -0.145. The molecule has 2 aliphatic heterocycles. The minimum Gasteiger partial charge on any atom is -0.508 e. The number of thiophene rings is 1. The van der Waals surface area contributed by atoms with Crippen molar-refractivity contribution in [2.45, 2.75) is 38.8 Å². The van der Waals surface area contributed by atoms with Gasteiger partial charge in [-0.3, -0.25) is 4.90 Å². The fraction of sp³-hybridized carbons (Fsp3) is 0.303. The normalized spacial score (nSPS) is 15.2. The van der Waals surface area contributed by atoms with Crippen molar-refractivity contribution < 1.29 is 36.5 Å². The molecule has 0 spiro atoms. The predicted octanol–water partition coefficient (Wildman–Crippen LogP) is 2.78. The van der Waals surface area contributed by atoms with Gasteiger partial charge in [0.25, 0.3) is 0 Å². The van der Waals surface area contributed by atoms with E-state index in [2.05, 4.69) is 65.6 Å². The van der Waals surface area contributed by atoms with Crippen LogP contribution in [0.2, 0.25) is 0 Å². The largest absolute Gasteiger partial charge is 0.508 e. The molecule has 1 aromatic heterocycles. The molecule has 11 heteroatoms. The van der Waals surface area contributed by atoms with Crippen molar-refractivity contribution in [2.24, 2.45) is 0 Å². The molecule has 44 heavy (non-hydrogen) atoms. The predicted molar refractivity (Wildman–Crippen MR) is 178 cm³/mol. The molecule has 10 nitrogen and oxygen atoms in total. The van der Waals surface area contributed by atoms with E-state index in [0.717, 1.165) is 29.0 Å². The zero-order chi connectivity index (χ0) is 28.1. The molecule has 2 fully saturated rings. The summed E-state index contributed by atoms with van der Waals surface area (Å²) >= 11 is 1.72. The lowest BCUT2D eigenvalue weighted by molar-refractivity contribution is 0.243. The molecule has 0 bridgehead atoms. The van der Waals surface area contributed by atoms with E-state index >= 15 is 0 Å². The van der Waals surface area contributed by atoms with E-state index < -0.39 is 0 Å². The number of rotatable bonds is 8. The first-order chi connectivity index (χ1) is 19.5. The molecule has 2 saturated heterocycles. The van der Waals surface area contributed by atoms with Crippen molar-refractivity contribution in [1.82, 2.24) is 15.5 Å². The summed E-state index contributed by atoms with van der Waals surface area (Å²) in [5, 5.41) is 16.9. The number of fused-ring (bicyclic) bond motifs is 1. The third-order valence-corrected chi connectivity index (χ3v) is 8.81. The van der Waals surface area contributed by atoms with Gasteiger partial charge in [0.05, 0.1) is 6.04 Å². The Labute approximate surface area is 261 Å². The van der Waals surface area contributed by atoms with Crippen molar-refractivity contribution in [1.29, 1.82) is 0 Å². The number of phenols is 1. The summed E-state index contributed by atoms with van der Waals surface area (Å²) in [4.78, 5) is 15.1. The van der Waals surface area contributed by atoms with E-state index in [9.17, 15) is 9.90 Å². The van der Waals surface area contributed by atoms with E-state index in [1.54, 1.807) is 17.4 Å². The molecule has 2 aliphatic rings. The average Bonchev–Trinajstić information content (AvgIpc) is 3.71. The van der Waals surface area contributed by atoms with Crippen LogP contribution in [0.25, 0.3) is 20.5 Å². The van der Waals surface area contributed by atoms with E-state index in [1.807, 2.05) is 24.3 Å². The molecule has 6 rings (SSSR count). The zero-order valence-corrected chi connectivity index (χ0v) is 25.6. The lowest BCUT2D eigenvalue weighted by Gasteiger charge is -2.17. The van der Waals surface area contributed by atoms with Gasteiger partial charge in [-0.2, -0.15) is 0 Å². The van der Waals surface area contributed by atoms with Gasteiger partial charge in [-0.05, 0) is 115 Å². The van der Waals surface area contributed by atoms with Crippen LogP contribution in [0, 0.1) is 19.8 Å². The first kappa shape index (κ1) is 37.9. The molecule has 4 aromatic rings. The van der Waals surface area contributed by atoms with Gasteiger partial charge in [0.1, 0.15) is 18.1 Å². The Morgan fingerprint density at radius 2 is 1.68 bits per heavy atom.